The molecule has 0 heterocycles. The summed E-state index contributed by atoms with van der Waals surface area (Å²) in [5.41, 5.74) is -89.3. The van der Waals surface area contributed by atoms with E-state index in [1.54, 1.807) is 0 Å². The van der Waals surface area contributed by atoms with Crippen LogP contribution >= 0.6 is 0 Å². The quantitative estimate of drug-likeness (QED) is 0.0441. The average molecular weight is 2070 g/mol. The Balaban J connectivity index is 1.18. The van der Waals surface area contributed by atoms with Crippen LogP contribution in [0.1, 0.15) is 0 Å². The zero-order valence-electron chi connectivity index (χ0n) is 63.8. The van der Waals surface area contributed by atoms with Crippen LogP contribution < -0.4 is 21.9 Å². The van der Waals surface area contributed by atoms with Crippen LogP contribution in [0.15, 0.2) is 30.3 Å². The predicted molar refractivity (Wildman–Crippen MR) is 362 cm³/mol. The molecule has 140 heavy (non-hydrogen) atoms. The second kappa shape index (κ2) is 34.7. The molecule has 56 heteroatoms. The summed E-state index contributed by atoms with van der Waals surface area (Å²) in [5.74, 6) is -225. The van der Waals surface area contributed by atoms with Crippen molar-refractivity contribution in [2.24, 2.45) is 0 Å². The van der Waals surface area contributed by atoms with Crippen LogP contribution in [0.3, 0.4) is 0 Å². The summed E-state index contributed by atoms with van der Waals surface area (Å²) >= 11 is 0. The largest absolute Gasteiger partial charge is 0.207 e. The van der Waals surface area contributed by atoms with Crippen LogP contribution in [0.25, 0.3) is 111 Å². The van der Waals surface area contributed by atoms with E-state index in [1.807, 2.05) is 0 Å². The van der Waals surface area contributed by atoms with Crippen LogP contribution in [-0.2, 0) is 0 Å². The first kappa shape index (κ1) is 101. The molecule has 0 atom stereocenters. The van der Waals surface area contributed by atoms with E-state index in [1.165, 1.54) is 0 Å². The first-order valence-electron chi connectivity index (χ1n) is 35.5. The maximum atomic E-state index is 18.6. The molecule has 0 saturated heterocycles. The minimum absolute atomic E-state index is 0.572. The Morgan fingerprint density at radius 3 is 0.271 bits per heavy atom. The lowest BCUT2D eigenvalue weighted by Crippen LogP contribution is -2.81. The second-order valence-electron chi connectivity index (χ2n) is 28.3. The van der Waals surface area contributed by atoms with Crippen molar-refractivity contribution in [1.29, 1.82) is 0 Å². The molecule has 0 unspecified atom stereocenters. The lowest BCUT2D eigenvalue weighted by Gasteiger charge is -2.45. The van der Waals surface area contributed by atoms with Crippen molar-refractivity contribution in [3.63, 3.8) is 0 Å². The third-order valence-corrected chi connectivity index (χ3v) is 21.4. The minimum atomic E-state index is -9.39. The third kappa shape index (κ3) is 13.5. The second-order valence-corrected chi connectivity index (χ2v) is 28.3. The molecule has 0 aromatic heterocycles. The van der Waals surface area contributed by atoms with Gasteiger partial charge in [-0.05, 0) is 5.56 Å². The summed E-state index contributed by atoms with van der Waals surface area (Å²) in [7, 11) is 0. The molecule has 0 radical (unpaired) electrons. The van der Waals surface area contributed by atoms with Crippen molar-refractivity contribution >= 4 is 28.0 Å². The van der Waals surface area contributed by atoms with Gasteiger partial charge in [-0.1, -0.05) is 30.3 Å². The van der Waals surface area contributed by atoms with Gasteiger partial charge in [0.25, 0.3) is 0 Å². The van der Waals surface area contributed by atoms with Crippen molar-refractivity contribution in [3.05, 3.63) is 350 Å². The summed E-state index contributed by atoms with van der Waals surface area (Å²) in [6.45, 7) is 0. The van der Waals surface area contributed by atoms with E-state index in [0.29, 0.717) is 12.1 Å². The molecule has 0 N–H and O–H groups in total. The zero-order chi connectivity index (χ0) is 105. The smallest absolute Gasteiger partial charge is 0.200 e. The number of benzene rings is 14. The normalized spacial score (nSPS) is 12.0. The molecule has 0 bridgehead atoms. The van der Waals surface area contributed by atoms with Gasteiger partial charge in [0.1, 0.15) is 52.7 Å². The van der Waals surface area contributed by atoms with Gasteiger partial charge in [-0.25, -0.2) is 241 Å². The lowest BCUT2D eigenvalue weighted by molar-refractivity contribution is 0.379. The Labute approximate surface area is 729 Å². The molecule has 0 aliphatic rings. The molecule has 0 saturated carbocycles. The summed E-state index contributed by atoms with van der Waals surface area (Å²) < 4.78 is 902. The van der Waals surface area contributed by atoms with Crippen molar-refractivity contribution in [2.75, 3.05) is 0 Å². The van der Waals surface area contributed by atoms with Gasteiger partial charge in [-0.3, -0.25) is 0 Å². The van der Waals surface area contributed by atoms with Gasteiger partial charge in [-0.15, -0.1) is 21.9 Å². The monoisotopic (exact) mass is 2070 g/mol. The molecular weight excluding hydrogens is 2060 g/mol. The summed E-state index contributed by atoms with van der Waals surface area (Å²) in [5, 5.41) is 0. The van der Waals surface area contributed by atoms with Gasteiger partial charge in [0.15, 0.2) is 256 Å². The number of rotatable bonds is 14. The number of hydrogen-bond donors (Lipinski definition) is 0. The van der Waals surface area contributed by atoms with Gasteiger partial charge in [0.2, 0.25) is 17.5 Å². The summed E-state index contributed by atoms with van der Waals surface area (Å²) in [6.07, 6.45) is -9.39. The van der Waals surface area contributed by atoms with Crippen molar-refractivity contribution in [1.82, 2.24) is 0 Å². The lowest BCUT2D eigenvalue weighted by atomic mass is 9.12. The van der Waals surface area contributed by atoms with Crippen molar-refractivity contribution < 1.29 is 241 Å². The highest BCUT2D eigenvalue weighted by molar-refractivity contribution is 7.20. The van der Waals surface area contributed by atoms with Gasteiger partial charge < -0.3 is 0 Å². The first-order chi connectivity index (χ1) is 65.1. The first-order valence-corrected chi connectivity index (χ1v) is 35.5. The summed E-state index contributed by atoms with van der Waals surface area (Å²) in [4.78, 5) is 0. The number of halogens is 55. The van der Waals surface area contributed by atoms with E-state index in [-0.39, 0.29) is 0 Å². The molecular formula is C84H5BF55-. The van der Waals surface area contributed by atoms with Gasteiger partial charge in [0, 0.05) is 0 Å². The SMILES string of the molecule is Fc1c(F)c(F)c(-c2c(F)c(F)c(-c3c(F)c(F)c(-c4c(F)c(F)c([B-](c5c(F)c(F)c(-c6c(F)c(F)c(-c7c(F)c(F)c(F)c(F)c7F)c(F)c6F)c(F)c5F)(c5c(F)c(F)c(-c6c(F)c(F)c(-c7c(F)c(F)c(F)c(F)c7F)c(F)c6F)c(F)c5F)c5c(F)c(F)c(-c6c(F)c(F)c(-c7c(F)c(F)c(-c8ccccc8)c(F)c7F)c(F)c6F)c(F)c5F)c(F)c4F)c(F)c3F)c(F)c2F)c(F)c1F. The third-order valence-electron chi connectivity index (χ3n) is 21.4. The van der Waals surface area contributed by atoms with Crippen LogP contribution in [0.4, 0.5) is 241 Å². The van der Waals surface area contributed by atoms with E-state index in [4.69, 9.17) is 0 Å². The Morgan fingerprint density at radius 1 is 0.0857 bits per heavy atom. The molecule has 0 nitrogen and oxygen atoms in total. The van der Waals surface area contributed by atoms with Crippen LogP contribution in [0.5, 0.6) is 0 Å². The summed E-state index contributed by atoms with van der Waals surface area (Å²) in [6, 6.07) is 3.78. The van der Waals surface area contributed by atoms with Crippen molar-refractivity contribution in [2.45, 2.75) is 0 Å². The van der Waals surface area contributed by atoms with Crippen LogP contribution in [0.2, 0.25) is 0 Å². The van der Waals surface area contributed by atoms with Gasteiger partial charge >= 0.3 is 0 Å². The Kier molecular flexibility index (Phi) is 25.1. The van der Waals surface area contributed by atoms with Gasteiger partial charge in [-0.2, -0.15) is 0 Å². The fourth-order valence-electron chi connectivity index (χ4n) is 15.4. The molecule has 0 amide bonds. The maximum absolute atomic E-state index is 18.6. The molecule has 730 valence electrons. The topological polar surface area (TPSA) is 0 Å². The molecule has 14 aromatic rings. The fraction of sp³-hybridized carbons (Fsp3) is 0. The Morgan fingerprint density at radius 2 is 0.164 bits per heavy atom. The van der Waals surface area contributed by atoms with Crippen LogP contribution in [0, 0.1) is 320 Å². The van der Waals surface area contributed by atoms with E-state index in [0.717, 1.165) is 18.2 Å². The molecule has 0 aliphatic heterocycles. The maximum Gasteiger partial charge on any atom is 0.200 e. The highest BCUT2D eigenvalue weighted by atomic mass is 19.2. The predicted octanol–water partition coefficient (Wildman–Crippen LogP) is 27.4. The standard InChI is InChI=1S/C84H5BF55/c86-30-7(6-4-2-1-3-5-6)31(87)33(89)8(32(30)88)9-34(90)40(96)12(41(97)35(9)91)19-54(110)68(124)26(69(125)55(19)111)85(28-72(128)58(114)21(59(115)73(28)129)14-44(100)50(106)17(51(107)45(14)101)24-64(120)78(134)83(139)79(135)65(24)121,29-74(130)60(116)22(61(117)75(29)131)15-46(102)52(108)18(53(109)47(15)103)25-66(122)80(136)84(140)81(137)67(25)123)27-70(126)56(112)20(57(113)71(27)127)13-42(98)36(92)10(37(93)43(13)99)11-38(94)48(104)16(49(105)39(11)95)23-62(118)76(132)82(138)77(133)63(23)119/h1-5H/q-1. The van der Waals surface area contributed by atoms with Crippen molar-refractivity contribution in [3.8, 4) is 111 Å². The Hall–Kier alpha value is -14.7. The van der Waals surface area contributed by atoms with E-state index in [9.17, 15) is 48.3 Å². The molecule has 14 aromatic carbocycles. The fourth-order valence-corrected chi connectivity index (χ4v) is 15.4. The van der Waals surface area contributed by atoms with E-state index < -0.39 is 459 Å². The van der Waals surface area contributed by atoms with Crippen LogP contribution in [-0.4, -0.2) is 6.15 Å². The molecule has 0 fully saturated rings. The molecule has 0 aliphatic carbocycles. The van der Waals surface area contributed by atoms with E-state index >= 15 is 193 Å². The van der Waals surface area contributed by atoms with E-state index in [2.05, 4.69) is 0 Å². The highest BCUT2D eigenvalue weighted by Gasteiger charge is 2.56. The van der Waals surface area contributed by atoms with Gasteiger partial charge in [0.05, 0.1) is 106 Å². The average Bonchev–Trinajstić information content (AvgIpc) is 0.669. The Bertz CT molecular complexity index is 7410. The minimum Gasteiger partial charge on any atom is -0.207 e. The number of hydrogen-bond acceptors (Lipinski definition) is 0. The zero-order valence-corrected chi connectivity index (χ0v) is 63.8. The molecule has 0 spiro atoms. The highest BCUT2D eigenvalue weighted by Crippen LogP contribution is 2.52. The molecule has 14 rings (SSSR count).